The van der Waals surface area contributed by atoms with E-state index in [-0.39, 0.29) is 17.8 Å². The van der Waals surface area contributed by atoms with Crippen molar-refractivity contribution in [3.05, 3.63) is 77.3 Å². The van der Waals surface area contributed by atoms with E-state index in [1.165, 1.54) is 17.1 Å². The Balaban J connectivity index is 1.55. The summed E-state index contributed by atoms with van der Waals surface area (Å²) in [6.45, 7) is 0.393. The summed E-state index contributed by atoms with van der Waals surface area (Å²) in [5.41, 5.74) is 2.00. The Kier molecular flexibility index (Phi) is 6.24. The molecule has 2 aromatic rings. The van der Waals surface area contributed by atoms with E-state index in [1.807, 2.05) is 0 Å². The predicted octanol–water partition coefficient (Wildman–Crippen LogP) is 4.31. The van der Waals surface area contributed by atoms with Gasteiger partial charge in [-0.1, -0.05) is 29.8 Å². The van der Waals surface area contributed by atoms with Crippen LogP contribution in [0, 0.1) is 0 Å². The lowest BCUT2D eigenvalue weighted by molar-refractivity contribution is -0.139. The predicted molar refractivity (Wildman–Crippen MR) is 110 cm³/mol. The number of halogens is 1. The Morgan fingerprint density at radius 1 is 0.964 bits per heavy atom. The van der Waals surface area contributed by atoms with Crippen molar-refractivity contribution in [1.29, 1.82) is 0 Å². The summed E-state index contributed by atoms with van der Waals surface area (Å²) in [7, 11) is 0. The molecule has 0 saturated carbocycles. The summed E-state index contributed by atoms with van der Waals surface area (Å²) in [6.07, 6.45) is 6.83. The number of nitrogens with zero attached hydrogens (tertiary/aromatic N) is 1. The molecule has 2 aromatic carbocycles. The topological polar surface area (TPSA) is 78.5 Å². The second-order valence-corrected chi connectivity index (χ2v) is 6.50. The molecule has 0 radical (unpaired) electrons. The first-order chi connectivity index (χ1) is 13.5. The Bertz CT molecular complexity index is 934. The average Bonchev–Trinajstić information content (AvgIpc) is 2.69. The Morgan fingerprint density at radius 3 is 2.18 bits per heavy atom. The molecule has 0 aromatic heterocycles. The van der Waals surface area contributed by atoms with Crippen LogP contribution < -0.4 is 10.6 Å². The largest absolute Gasteiger partial charge is 0.323 e. The molecule has 0 aliphatic carbocycles. The molecular weight excluding hydrogens is 378 g/mol. The summed E-state index contributed by atoms with van der Waals surface area (Å²) in [5.74, 6) is -0.647. The minimum atomic E-state index is -0.377. The monoisotopic (exact) mass is 395 g/mol. The lowest BCUT2D eigenvalue weighted by atomic mass is 10.2. The first-order valence-electron chi connectivity index (χ1n) is 8.65. The Hall–Kier alpha value is -3.38. The zero-order valence-electron chi connectivity index (χ0n) is 14.9. The minimum Gasteiger partial charge on any atom is -0.308 e. The van der Waals surface area contributed by atoms with Crippen molar-refractivity contribution in [2.24, 2.45) is 0 Å². The second kappa shape index (κ2) is 9.01. The van der Waals surface area contributed by atoms with Gasteiger partial charge in [-0.15, -0.1) is 0 Å². The number of amides is 4. The minimum absolute atomic E-state index is 0.299. The fourth-order valence-corrected chi connectivity index (χ4v) is 2.69. The standard InChI is InChI=1S/C21H18ClN3O3/c22-16-7-11-18(12-8-16)24-21(28)23-17-9-4-15(5-10-17)6-13-20(27)25-14-2-1-3-19(25)26/h1,3-13H,2,14H2,(H2,23,24,28)/b13-6+. The summed E-state index contributed by atoms with van der Waals surface area (Å²) in [5, 5.41) is 6.01. The van der Waals surface area contributed by atoms with Gasteiger partial charge in [0.05, 0.1) is 0 Å². The van der Waals surface area contributed by atoms with Crippen LogP contribution in [0.3, 0.4) is 0 Å². The fourth-order valence-electron chi connectivity index (χ4n) is 2.57. The zero-order valence-corrected chi connectivity index (χ0v) is 15.6. The highest BCUT2D eigenvalue weighted by Crippen LogP contribution is 2.15. The summed E-state index contributed by atoms with van der Waals surface area (Å²) < 4.78 is 0. The Morgan fingerprint density at radius 2 is 1.57 bits per heavy atom. The van der Waals surface area contributed by atoms with Crippen LogP contribution in [-0.2, 0) is 9.59 Å². The molecule has 1 aliphatic heterocycles. The van der Waals surface area contributed by atoms with Crippen molar-refractivity contribution >= 4 is 46.9 Å². The van der Waals surface area contributed by atoms with Crippen LogP contribution in [0.4, 0.5) is 16.2 Å². The molecule has 0 saturated heterocycles. The van der Waals surface area contributed by atoms with E-state index in [0.717, 1.165) is 5.56 Å². The molecule has 3 rings (SSSR count). The molecular formula is C21H18ClN3O3. The highest BCUT2D eigenvalue weighted by Gasteiger charge is 2.18. The van der Waals surface area contributed by atoms with Crippen LogP contribution in [0.5, 0.6) is 0 Å². The van der Waals surface area contributed by atoms with E-state index < -0.39 is 0 Å². The number of urea groups is 1. The number of imide groups is 1. The van der Waals surface area contributed by atoms with Crippen molar-refractivity contribution in [1.82, 2.24) is 4.90 Å². The first kappa shape index (κ1) is 19.4. The van der Waals surface area contributed by atoms with Gasteiger partial charge in [0, 0.05) is 29.0 Å². The number of hydrogen-bond acceptors (Lipinski definition) is 3. The van der Waals surface area contributed by atoms with Crippen LogP contribution in [0.15, 0.2) is 66.8 Å². The molecule has 2 N–H and O–H groups in total. The highest BCUT2D eigenvalue weighted by molar-refractivity contribution is 6.30. The van der Waals surface area contributed by atoms with Crippen molar-refractivity contribution in [3.63, 3.8) is 0 Å². The van der Waals surface area contributed by atoms with Crippen molar-refractivity contribution in [2.45, 2.75) is 6.42 Å². The Labute approximate surface area is 167 Å². The fraction of sp³-hybridized carbons (Fsp3) is 0.0952. The smallest absolute Gasteiger partial charge is 0.308 e. The summed E-state index contributed by atoms with van der Waals surface area (Å²) in [6, 6.07) is 13.4. The van der Waals surface area contributed by atoms with E-state index in [0.29, 0.717) is 29.4 Å². The van der Waals surface area contributed by atoms with Crippen LogP contribution in [0.1, 0.15) is 12.0 Å². The molecule has 1 heterocycles. The summed E-state index contributed by atoms with van der Waals surface area (Å²) in [4.78, 5) is 37.0. The van der Waals surface area contributed by atoms with Gasteiger partial charge in [-0.25, -0.2) is 4.79 Å². The maximum absolute atomic E-state index is 12.1. The van der Waals surface area contributed by atoms with E-state index in [4.69, 9.17) is 11.6 Å². The van der Waals surface area contributed by atoms with Crippen LogP contribution >= 0.6 is 11.6 Å². The third kappa shape index (κ3) is 5.31. The van der Waals surface area contributed by atoms with E-state index in [1.54, 1.807) is 60.7 Å². The molecule has 0 atom stereocenters. The SMILES string of the molecule is O=C(Nc1ccc(Cl)cc1)Nc1ccc(/C=C/C(=O)N2CCC=CC2=O)cc1. The zero-order chi connectivity index (χ0) is 19.9. The third-order valence-electron chi connectivity index (χ3n) is 4.00. The number of nitrogens with one attached hydrogen (secondary N) is 2. The lowest BCUT2D eigenvalue weighted by Gasteiger charge is -2.19. The van der Waals surface area contributed by atoms with Gasteiger partial charge in [-0.2, -0.15) is 0 Å². The number of benzene rings is 2. The second-order valence-electron chi connectivity index (χ2n) is 6.06. The van der Waals surface area contributed by atoms with E-state index in [2.05, 4.69) is 10.6 Å². The highest BCUT2D eigenvalue weighted by atomic mass is 35.5. The van der Waals surface area contributed by atoms with E-state index >= 15 is 0 Å². The van der Waals surface area contributed by atoms with Crippen molar-refractivity contribution in [3.8, 4) is 0 Å². The molecule has 4 amide bonds. The number of carbonyl (C=O) groups excluding carboxylic acids is 3. The van der Waals surface area contributed by atoms with Gasteiger partial charge in [0.2, 0.25) is 0 Å². The van der Waals surface area contributed by atoms with Crippen molar-refractivity contribution < 1.29 is 14.4 Å². The normalized spacial score (nSPS) is 13.6. The maximum atomic E-state index is 12.1. The molecule has 0 unspecified atom stereocenters. The van der Waals surface area contributed by atoms with E-state index in [9.17, 15) is 14.4 Å². The molecule has 28 heavy (non-hydrogen) atoms. The number of hydrogen-bond donors (Lipinski definition) is 2. The molecule has 1 aliphatic rings. The van der Waals surface area contributed by atoms with Crippen LogP contribution in [-0.4, -0.2) is 29.3 Å². The van der Waals surface area contributed by atoms with Gasteiger partial charge in [0.15, 0.2) is 0 Å². The molecule has 6 nitrogen and oxygen atoms in total. The summed E-state index contributed by atoms with van der Waals surface area (Å²) >= 11 is 5.81. The van der Waals surface area contributed by atoms with Gasteiger partial charge in [0.1, 0.15) is 0 Å². The maximum Gasteiger partial charge on any atom is 0.323 e. The van der Waals surface area contributed by atoms with Crippen LogP contribution in [0.2, 0.25) is 5.02 Å². The molecule has 0 bridgehead atoms. The van der Waals surface area contributed by atoms with Gasteiger partial charge in [-0.3, -0.25) is 14.5 Å². The molecule has 7 heteroatoms. The van der Waals surface area contributed by atoms with Crippen molar-refractivity contribution in [2.75, 3.05) is 17.2 Å². The first-order valence-corrected chi connectivity index (χ1v) is 9.03. The van der Waals surface area contributed by atoms with Crippen LogP contribution in [0.25, 0.3) is 6.08 Å². The number of anilines is 2. The molecule has 0 spiro atoms. The van der Waals surface area contributed by atoms with Gasteiger partial charge < -0.3 is 10.6 Å². The molecule has 0 fully saturated rings. The van der Waals surface area contributed by atoms with Gasteiger partial charge >= 0.3 is 6.03 Å². The third-order valence-corrected chi connectivity index (χ3v) is 4.25. The quantitative estimate of drug-likeness (QED) is 0.757. The lowest BCUT2D eigenvalue weighted by Crippen LogP contribution is -2.37. The average molecular weight is 396 g/mol. The molecule has 142 valence electrons. The number of carbonyl (C=O) groups is 3. The number of rotatable bonds is 4. The van der Waals surface area contributed by atoms with Gasteiger partial charge in [-0.05, 0) is 60.5 Å². The van der Waals surface area contributed by atoms with Gasteiger partial charge in [0.25, 0.3) is 11.8 Å².